The van der Waals surface area contributed by atoms with Gasteiger partial charge in [-0.2, -0.15) is 0 Å². The second-order valence-electron chi connectivity index (χ2n) is 10.5. The minimum atomic E-state index is -0.263. The van der Waals surface area contributed by atoms with Gasteiger partial charge in [-0.05, 0) is 102 Å². The highest BCUT2D eigenvalue weighted by atomic mass is 32.2. The molecule has 3 aliphatic rings. The minimum Gasteiger partial charge on any atom is -0.508 e. The number of hydrogen-bond acceptors (Lipinski definition) is 5. The fourth-order valence-corrected chi connectivity index (χ4v) is 6.94. The van der Waals surface area contributed by atoms with Crippen molar-refractivity contribution in [2.45, 2.75) is 49.7 Å². The van der Waals surface area contributed by atoms with Crippen molar-refractivity contribution in [1.82, 2.24) is 4.90 Å². The molecule has 1 fully saturated rings. The van der Waals surface area contributed by atoms with Crippen molar-refractivity contribution in [3.8, 4) is 17.2 Å². The number of likely N-dealkylation sites (tertiary alicyclic amines) is 1. The van der Waals surface area contributed by atoms with E-state index in [1.165, 1.54) is 22.3 Å². The van der Waals surface area contributed by atoms with Gasteiger partial charge >= 0.3 is 0 Å². The molecule has 3 heterocycles. The topological polar surface area (TPSA) is 41.9 Å². The van der Waals surface area contributed by atoms with E-state index in [9.17, 15) is 9.50 Å². The highest BCUT2D eigenvalue weighted by molar-refractivity contribution is 7.99. The number of aromatic hydroxyl groups is 1. The third kappa shape index (κ3) is 5.29. The van der Waals surface area contributed by atoms with Crippen LogP contribution in [0.25, 0.3) is 11.1 Å². The van der Waals surface area contributed by atoms with E-state index < -0.39 is 0 Å². The molecule has 0 aromatic heterocycles. The lowest BCUT2D eigenvalue weighted by Gasteiger charge is -2.18. The van der Waals surface area contributed by atoms with Gasteiger partial charge in [0.1, 0.15) is 29.5 Å². The van der Waals surface area contributed by atoms with Gasteiger partial charge < -0.3 is 14.6 Å². The Morgan fingerprint density at radius 1 is 1.08 bits per heavy atom. The number of allylic oxidation sites excluding steroid dienone is 1. The lowest BCUT2D eigenvalue weighted by atomic mass is 9.87. The molecule has 1 saturated heterocycles. The van der Waals surface area contributed by atoms with Crippen LogP contribution in [0.15, 0.2) is 65.6 Å². The normalized spacial score (nSPS) is 21.1. The van der Waals surface area contributed by atoms with Gasteiger partial charge in [0.15, 0.2) is 0 Å². The Morgan fingerprint density at radius 2 is 1.92 bits per heavy atom. The number of nitrogens with zero attached hydrogens (tertiary/aromatic N) is 1. The molecule has 0 unspecified atom stereocenters. The van der Waals surface area contributed by atoms with E-state index in [4.69, 9.17) is 9.47 Å². The molecule has 0 amide bonds. The molecule has 1 N–H and O–H groups in total. The zero-order chi connectivity index (χ0) is 26.1. The zero-order valence-electron chi connectivity index (χ0n) is 21.8. The summed E-state index contributed by atoms with van der Waals surface area (Å²) < 4.78 is 24.8. The monoisotopic (exact) mass is 531 g/mol. The third-order valence-corrected chi connectivity index (χ3v) is 8.73. The summed E-state index contributed by atoms with van der Waals surface area (Å²) in [6, 6.07) is 20.8. The predicted octanol–water partition coefficient (Wildman–Crippen LogP) is 6.98. The van der Waals surface area contributed by atoms with Crippen LogP contribution in [0.4, 0.5) is 4.39 Å². The van der Waals surface area contributed by atoms with Gasteiger partial charge in [0, 0.05) is 36.7 Å². The van der Waals surface area contributed by atoms with Gasteiger partial charge in [0.25, 0.3) is 0 Å². The largest absolute Gasteiger partial charge is 0.508 e. The summed E-state index contributed by atoms with van der Waals surface area (Å²) in [5.74, 6) is 3.10. The van der Waals surface area contributed by atoms with E-state index in [-0.39, 0.29) is 18.9 Å². The molecular weight excluding hydrogens is 497 g/mol. The Balaban J connectivity index is 1.34. The van der Waals surface area contributed by atoms with Crippen molar-refractivity contribution in [3.63, 3.8) is 0 Å². The second kappa shape index (κ2) is 11.0. The summed E-state index contributed by atoms with van der Waals surface area (Å²) in [5, 5.41) is 10.2. The first-order valence-electron chi connectivity index (χ1n) is 13.6. The van der Waals surface area contributed by atoms with Crippen molar-refractivity contribution in [2.24, 2.45) is 0 Å². The van der Waals surface area contributed by atoms with Gasteiger partial charge in [0.2, 0.25) is 0 Å². The van der Waals surface area contributed by atoms with Crippen molar-refractivity contribution < 1.29 is 19.0 Å². The lowest BCUT2D eigenvalue weighted by molar-refractivity contribution is 0.198. The number of halogens is 1. The maximum Gasteiger partial charge on any atom is 0.123 e. The molecule has 0 aliphatic carbocycles. The quantitative estimate of drug-likeness (QED) is 0.356. The molecule has 3 aromatic carbocycles. The molecular formula is C32H34FNO3S. The highest BCUT2D eigenvalue weighted by Gasteiger charge is 2.26. The summed E-state index contributed by atoms with van der Waals surface area (Å²) in [7, 11) is 0. The number of phenols is 1. The summed E-state index contributed by atoms with van der Waals surface area (Å²) in [4.78, 5) is 3.39. The Kier molecular flexibility index (Phi) is 7.35. The summed E-state index contributed by atoms with van der Waals surface area (Å²) in [6.45, 7) is 4.47. The number of fused-ring (bicyclic) bond motifs is 2. The summed E-state index contributed by atoms with van der Waals surface area (Å²) in [6.07, 6.45) is 3.78. The first-order chi connectivity index (χ1) is 18.6. The van der Waals surface area contributed by atoms with E-state index in [0.717, 1.165) is 72.2 Å². The number of hydrogen-bond donors (Lipinski definition) is 1. The Bertz CT molecular complexity index is 1340. The fourth-order valence-electron chi connectivity index (χ4n) is 5.89. The first kappa shape index (κ1) is 25.3. The summed E-state index contributed by atoms with van der Waals surface area (Å²) >= 11 is 1.80. The van der Waals surface area contributed by atoms with Crippen LogP contribution in [-0.4, -0.2) is 54.3 Å². The lowest BCUT2D eigenvalue weighted by Crippen LogP contribution is -2.26. The van der Waals surface area contributed by atoms with E-state index in [0.29, 0.717) is 12.2 Å². The third-order valence-electron chi connectivity index (χ3n) is 7.67. The fraction of sp³-hybridized carbons (Fsp3) is 0.375. The molecule has 198 valence electrons. The average molecular weight is 532 g/mol. The van der Waals surface area contributed by atoms with E-state index in [1.54, 1.807) is 17.8 Å². The van der Waals surface area contributed by atoms with Crippen LogP contribution < -0.4 is 9.47 Å². The SMILES string of the molecule is C[C@H]1Cc2cc(C3=C(c4ccc(O[C@H]5CCN(CCCF)C5)cc4)c4ccc(O)cc4SCC3)ccc2O1. The second-order valence-corrected chi connectivity index (χ2v) is 11.6. The van der Waals surface area contributed by atoms with Crippen LogP contribution >= 0.6 is 11.8 Å². The molecule has 3 aliphatic heterocycles. The Labute approximate surface area is 228 Å². The number of phenolic OH excluding ortho intramolecular Hbond substituents is 1. The van der Waals surface area contributed by atoms with Crippen LogP contribution in [-0.2, 0) is 6.42 Å². The van der Waals surface area contributed by atoms with Gasteiger partial charge in [-0.25, -0.2) is 0 Å². The van der Waals surface area contributed by atoms with E-state index >= 15 is 0 Å². The van der Waals surface area contributed by atoms with Crippen molar-refractivity contribution >= 4 is 22.9 Å². The van der Waals surface area contributed by atoms with E-state index in [1.807, 2.05) is 12.1 Å². The van der Waals surface area contributed by atoms with Crippen LogP contribution in [0.1, 0.15) is 48.4 Å². The molecule has 0 radical (unpaired) electrons. The van der Waals surface area contributed by atoms with Gasteiger partial charge in [-0.1, -0.05) is 18.2 Å². The standard InChI is InChI=1S/C32H34FNO3S/c1-21-17-24-18-23(5-10-30(24)36-21)28-12-16-38-31-19-25(35)6-9-29(31)32(28)22-3-7-26(8-4-22)37-27-11-15-34(20-27)14-2-13-33/h3-10,18-19,21,27,35H,2,11-17,20H2,1H3/t21-,27-/m0/s1. The van der Waals surface area contributed by atoms with Gasteiger partial charge in [-0.3, -0.25) is 9.29 Å². The van der Waals surface area contributed by atoms with E-state index in [2.05, 4.69) is 54.3 Å². The molecule has 0 spiro atoms. The minimum absolute atomic E-state index is 0.143. The average Bonchev–Trinajstić information content (AvgIpc) is 3.47. The molecule has 2 atom stereocenters. The predicted molar refractivity (Wildman–Crippen MR) is 152 cm³/mol. The number of benzene rings is 3. The van der Waals surface area contributed by atoms with Crippen LogP contribution in [0.2, 0.25) is 0 Å². The van der Waals surface area contributed by atoms with Crippen molar-refractivity contribution in [2.75, 3.05) is 32.1 Å². The van der Waals surface area contributed by atoms with Crippen LogP contribution in [0.3, 0.4) is 0 Å². The van der Waals surface area contributed by atoms with Gasteiger partial charge in [0.05, 0.1) is 6.67 Å². The van der Waals surface area contributed by atoms with Crippen LogP contribution in [0, 0.1) is 0 Å². The number of ether oxygens (including phenoxy) is 2. The maximum absolute atomic E-state index is 12.5. The smallest absolute Gasteiger partial charge is 0.123 e. The maximum atomic E-state index is 12.5. The molecule has 4 nitrogen and oxygen atoms in total. The molecule has 38 heavy (non-hydrogen) atoms. The Morgan fingerprint density at radius 3 is 2.76 bits per heavy atom. The number of rotatable bonds is 7. The van der Waals surface area contributed by atoms with Crippen molar-refractivity contribution in [1.29, 1.82) is 0 Å². The summed E-state index contributed by atoms with van der Waals surface area (Å²) in [5.41, 5.74) is 7.32. The Hall–Kier alpha value is -2.96. The van der Waals surface area contributed by atoms with Gasteiger partial charge in [-0.15, -0.1) is 11.8 Å². The molecule has 3 aromatic rings. The molecule has 0 bridgehead atoms. The molecule has 6 rings (SSSR count). The zero-order valence-corrected chi connectivity index (χ0v) is 22.6. The molecule has 0 saturated carbocycles. The van der Waals surface area contributed by atoms with Crippen molar-refractivity contribution in [3.05, 3.63) is 82.9 Å². The van der Waals surface area contributed by atoms with Crippen LogP contribution in [0.5, 0.6) is 17.2 Å². The number of alkyl halides is 1. The highest BCUT2D eigenvalue weighted by Crippen LogP contribution is 2.45. The molecule has 6 heteroatoms. The first-order valence-corrected chi connectivity index (χ1v) is 14.6. The number of thioether (sulfide) groups is 1.